The molecule has 1 heterocycles. The minimum Gasteiger partial charge on any atom is -0.405 e. The van der Waals surface area contributed by atoms with Crippen LogP contribution >= 0.6 is 0 Å². The van der Waals surface area contributed by atoms with Crippen molar-refractivity contribution in [2.75, 3.05) is 13.1 Å². The maximum absolute atomic E-state index is 12.3. The molecule has 0 spiro atoms. The minimum atomic E-state index is -4.75. The van der Waals surface area contributed by atoms with Gasteiger partial charge in [-0.3, -0.25) is 15.6 Å². The molecular weight excluding hydrogens is 311 g/mol. The number of carbonyl (C=O) groups excluding carboxylic acids is 1. The molecule has 3 N–H and O–H groups in total. The van der Waals surface area contributed by atoms with Crippen molar-refractivity contribution < 1.29 is 22.7 Å². The standard InChI is InChI=1S/C15H20F3N3O2/c16-15(17,18)23-13-6-2-1-5-12(13)10-19-14(22)7-3-4-11-8-20-21-9-11/h1-2,5-6,11,20-21H,3-4,7-10H2,(H,19,22). The third kappa shape index (κ3) is 6.45. The molecule has 1 amide bonds. The molecule has 0 aliphatic carbocycles. The monoisotopic (exact) mass is 331 g/mol. The zero-order valence-corrected chi connectivity index (χ0v) is 12.6. The van der Waals surface area contributed by atoms with E-state index in [1.54, 1.807) is 6.07 Å². The minimum absolute atomic E-state index is 0.0115. The zero-order valence-electron chi connectivity index (χ0n) is 12.6. The molecule has 0 radical (unpaired) electrons. The first kappa shape index (κ1) is 17.6. The predicted molar refractivity (Wildman–Crippen MR) is 78.3 cm³/mol. The van der Waals surface area contributed by atoms with Gasteiger partial charge in [-0.1, -0.05) is 18.2 Å². The normalized spacial score (nSPS) is 15.6. The van der Waals surface area contributed by atoms with Crippen LogP contribution < -0.4 is 20.9 Å². The molecule has 0 aromatic heterocycles. The third-order valence-corrected chi connectivity index (χ3v) is 3.60. The molecule has 0 saturated carbocycles. The second-order valence-corrected chi connectivity index (χ2v) is 5.45. The third-order valence-electron chi connectivity index (χ3n) is 3.60. The van der Waals surface area contributed by atoms with Gasteiger partial charge >= 0.3 is 6.36 Å². The van der Waals surface area contributed by atoms with Gasteiger partial charge in [-0.2, -0.15) is 0 Å². The Hall–Kier alpha value is -1.80. The number of hydrazine groups is 1. The van der Waals surface area contributed by atoms with Gasteiger partial charge in [-0.05, 0) is 24.8 Å². The molecule has 2 rings (SSSR count). The Kier molecular flexibility index (Phi) is 6.23. The fourth-order valence-corrected chi connectivity index (χ4v) is 2.42. The predicted octanol–water partition coefficient (Wildman–Crippen LogP) is 2.10. The van der Waals surface area contributed by atoms with Crippen molar-refractivity contribution in [3.63, 3.8) is 0 Å². The van der Waals surface area contributed by atoms with E-state index in [1.165, 1.54) is 18.2 Å². The van der Waals surface area contributed by atoms with Crippen LogP contribution in [0.2, 0.25) is 0 Å². The average molecular weight is 331 g/mol. The molecule has 0 atom stereocenters. The number of carbonyl (C=O) groups is 1. The van der Waals surface area contributed by atoms with Crippen LogP contribution in [0.25, 0.3) is 0 Å². The quantitative estimate of drug-likeness (QED) is 0.716. The maximum Gasteiger partial charge on any atom is 0.573 e. The van der Waals surface area contributed by atoms with Crippen molar-refractivity contribution in [1.82, 2.24) is 16.2 Å². The molecule has 23 heavy (non-hydrogen) atoms. The fraction of sp³-hybridized carbons (Fsp3) is 0.533. The number of hydrogen-bond donors (Lipinski definition) is 3. The summed E-state index contributed by atoms with van der Waals surface area (Å²) in [5.41, 5.74) is 6.35. The second-order valence-electron chi connectivity index (χ2n) is 5.45. The number of halogens is 3. The highest BCUT2D eigenvalue weighted by atomic mass is 19.4. The number of amides is 1. The Morgan fingerprint density at radius 2 is 1.96 bits per heavy atom. The van der Waals surface area contributed by atoms with Gasteiger partial charge in [-0.15, -0.1) is 13.2 Å². The number of nitrogens with one attached hydrogen (secondary N) is 3. The highest BCUT2D eigenvalue weighted by molar-refractivity contribution is 5.75. The molecule has 1 aliphatic heterocycles. The zero-order chi connectivity index (χ0) is 16.7. The SMILES string of the molecule is O=C(CCCC1CNNC1)NCc1ccccc1OC(F)(F)F. The summed E-state index contributed by atoms with van der Waals surface area (Å²) in [5.74, 6) is 0.0536. The lowest BCUT2D eigenvalue weighted by Gasteiger charge is -2.13. The molecule has 8 heteroatoms. The van der Waals surface area contributed by atoms with Crippen LogP contribution in [0.3, 0.4) is 0 Å². The van der Waals surface area contributed by atoms with E-state index in [0.717, 1.165) is 25.9 Å². The summed E-state index contributed by atoms with van der Waals surface area (Å²) in [4.78, 5) is 11.8. The van der Waals surface area contributed by atoms with Gasteiger partial charge in [0.05, 0.1) is 0 Å². The number of ether oxygens (including phenoxy) is 1. The van der Waals surface area contributed by atoms with Crippen molar-refractivity contribution >= 4 is 5.91 Å². The van der Waals surface area contributed by atoms with E-state index < -0.39 is 6.36 Å². The van der Waals surface area contributed by atoms with E-state index in [9.17, 15) is 18.0 Å². The molecular formula is C15H20F3N3O2. The summed E-state index contributed by atoms with van der Waals surface area (Å²) in [6, 6.07) is 5.78. The van der Waals surface area contributed by atoms with E-state index in [1.807, 2.05) is 0 Å². The lowest BCUT2D eigenvalue weighted by molar-refractivity contribution is -0.274. The van der Waals surface area contributed by atoms with Gasteiger partial charge in [-0.25, -0.2) is 0 Å². The first-order valence-corrected chi connectivity index (χ1v) is 7.50. The van der Waals surface area contributed by atoms with Gasteiger partial charge in [0, 0.05) is 31.6 Å². The van der Waals surface area contributed by atoms with Crippen molar-refractivity contribution in [2.24, 2.45) is 5.92 Å². The Bertz CT molecular complexity index is 517. The summed E-state index contributed by atoms with van der Waals surface area (Å²) < 4.78 is 40.9. The average Bonchev–Trinajstić information content (AvgIpc) is 2.98. The Labute approximate surface area is 132 Å². The lowest BCUT2D eigenvalue weighted by Crippen LogP contribution is -2.24. The molecule has 1 aromatic carbocycles. The van der Waals surface area contributed by atoms with Gasteiger partial charge in [0.15, 0.2) is 0 Å². The van der Waals surface area contributed by atoms with Gasteiger partial charge in [0.2, 0.25) is 5.91 Å². The van der Waals surface area contributed by atoms with Crippen LogP contribution in [0.4, 0.5) is 13.2 Å². The van der Waals surface area contributed by atoms with Crippen LogP contribution in [0.5, 0.6) is 5.75 Å². The van der Waals surface area contributed by atoms with Gasteiger partial charge in [0.25, 0.3) is 0 Å². The van der Waals surface area contributed by atoms with Crippen molar-refractivity contribution in [3.8, 4) is 5.75 Å². The fourth-order valence-electron chi connectivity index (χ4n) is 2.42. The lowest BCUT2D eigenvalue weighted by atomic mass is 10.0. The second kappa shape index (κ2) is 8.16. The summed E-state index contributed by atoms with van der Waals surface area (Å²) in [7, 11) is 0. The molecule has 5 nitrogen and oxygen atoms in total. The van der Waals surface area contributed by atoms with E-state index in [2.05, 4.69) is 20.9 Å². The molecule has 0 bridgehead atoms. The molecule has 1 saturated heterocycles. The van der Waals surface area contributed by atoms with E-state index in [-0.39, 0.29) is 18.2 Å². The Balaban J connectivity index is 1.75. The first-order valence-electron chi connectivity index (χ1n) is 7.50. The van der Waals surface area contributed by atoms with Crippen LogP contribution in [-0.2, 0) is 11.3 Å². The van der Waals surface area contributed by atoms with Crippen LogP contribution in [0, 0.1) is 5.92 Å². The highest BCUT2D eigenvalue weighted by Crippen LogP contribution is 2.26. The summed E-state index contributed by atoms with van der Waals surface area (Å²) in [6.07, 6.45) is -2.70. The summed E-state index contributed by atoms with van der Waals surface area (Å²) in [5, 5.41) is 2.63. The molecule has 0 unspecified atom stereocenters. The topological polar surface area (TPSA) is 62.4 Å². The smallest absolute Gasteiger partial charge is 0.405 e. The van der Waals surface area contributed by atoms with Crippen molar-refractivity contribution in [2.45, 2.75) is 32.2 Å². The van der Waals surface area contributed by atoms with Crippen molar-refractivity contribution in [3.05, 3.63) is 29.8 Å². The maximum atomic E-state index is 12.3. The number of rotatable bonds is 7. The summed E-state index contributed by atoms with van der Waals surface area (Å²) >= 11 is 0. The molecule has 1 aromatic rings. The first-order chi connectivity index (χ1) is 10.9. The summed E-state index contributed by atoms with van der Waals surface area (Å²) in [6.45, 7) is 1.80. The molecule has 1 fully saturated rings. The largest absolute Gasteiger partial charge is 0.573 e. The highest BCUT2D eigenvalue weighted by Gasteiger charge is 2.31. The van der Waals surface area contributed by atoms with Crippen LogP contribution in [0.15, 0.2) is 24.3 Å². The number of alkyl halides is 3. The van der Waals surface area contributed by atoms with Gasteiger partial charge in [0.1, 0.15) is 5.75 Å². The molecule has 128 valence electrons. The van der Waals surface area contributed by atoms with Crippen LogP contribution in [0.1, 0.15) is 24.8 Å². The Morgan fingerprint density at radius 1 is 1.26 bits per heavy atom. The van der Waals surface area contributed by atoms with E-state index >= 15 is 0 Å². The Morgan fingerprint density at radius 3 is 2.65 bits per heavy atom. The number of hydrogen-bond acceptors (Lipinski definition) is 4. The molecule has 1 aliphatic rings. The van der Waals surface area contributed by atoms with Crippen LogP contribution in [-0.4, -0.2) is 25.4 Å². The van der Waals surface area contributed by atoms with E-state index in [0.29, 0.717) is 17.9 Å². The van der Waals surface area contributed by atoms with E-state index in [4.69, 9.17) is 0 Å². The number of para-hydroxylation sites is 1. The van der Waals surface area contributed by atoms with Crippen molar-refractivity contribution in [1.29, 1.82) is 0 Å². The van der Waals surface area contributed by atoms with Gasteiger partial charge < -0.3 is 10.1 Å². The number of benzene rings is 1.